The second-order valence-electron chi connectivity index (χ2n) is 5.46. The van der Waals surface area contributed by atoms with E-state index in [1.54, 1.807) is 0 Å². The van der Waals surface area contributed by atoms with Crippen molar-refractivity contribution in [3.63, 3.8) is 0 Å². The van der Waals surface area contributed by atoms with Gasteiger partial charge in [-0.2, -0.15) is 0 Å². The van der Waals surface area contributed by atoms with Crippen molar-refractivity contribution in [3.05, 3.63) is 0 Å². The van der Waals surface area contributed by atoms with Gasteiger partial charge in [0.2, 0.25) is 0 Å². The summed E-state index contributed by atoms with van der Waals surface area (Å²) in [4.78, 5) is 0. The van der Waals surface area contributed by atoms with Gasteiger partial charge < -0.3 is 9.47 Å². The van der Waals surface area contributed by atoms with Crippen LogP contribution in [0.4, 0.5) is 0 Å². The summed E-state index contributed by atoms with van der Waals surface area (Å²) in [6.45, 7) is 14.1. The summed E-state index contributed by atoms with van der Waals surface area (Å²) in [6.07, 6.45) is 1.66. The Morgan fingerprint density at radius 1 is 0.842 bits per heavy atom. The second kappa shape index (κ2) is 18.4. The van der Waals surface area contributed by atoms with E-state index in [1.807, 2.05) is 0 Å². The molecule has 0 fully saturated rings. The average Bonchev–Trinajstić information content (AvgIpc) is 2.14. The normalized spacial score (nSPS) is 11.5. The Hall–Kier alpha value is 0.354. The van der Waals surface area contributed by atoms with Crippen LogP contribution in [0.2, 0.25) is 38.3 Å². The van der Waals surface area contributed by atoms with Gasteiger partial charge in [0.15, 0.2) is 0 Å². The third-order valence-corrected chi connectivity index (χ3v) is 5.67. The van der Waals surface area contributed by atoms with Gasteiger partial charge in [0.05, 0.1) is 19.3 Å². The molecule has 0 radical (unpaired) electrons. The molecule has 0 heterocycles. The lowest BCUT2D eigenvalue weighted by molar-refractivity contribution is 0.0196. The fourth-order valence-electron chi connectivity index (χ4n) is 1.74. The van der Waals surface area contributed by atoms with Crippen LogP contribution in [0.1, 0.15) is 35.6 Å². The van der Waals surface area contributed by atoms with Gasteiger partial charge in [0.1, 0.15) is 0 Å². The lowest BCUT2D eigenvalue weighted by atomic mass is 10.5. The molecule has 0 aliphatic carbocycles. The number of hydrogen-bond donors (Lipinski definition) is 0. The summed E-state index contributed by atoms with van der Waals surface area (Å²) < 4.78 is 11.2. The molecule has 2 nitrogen and oxygen atoms in total. The zero-order chi connectivity index (χ0) is 12.4. The summed E-state index contributed by atoms with van der Waals surface area (Å²) in [7, 11) is -0.840. The monoisotopic (exact) mass is 310 g/mol. The highest BCUT2D eigenvalue weighted by atomic mass is 28.3. The van der Waals surface area contributed by atoms with E-state index in [9.17, 15) is 0 Å². The maximum Gasteiger partial charge on any atom is 0.0703 e. The van der Waals surface area contributed by atoms with Crippen LogP contribution in [-0.2, 0) is 9.47 Å². The molecule has 0 saturated heterocycles. The molecular weight excluding hydrogens is 268 g/mol. The Morgan fingerprint density at radius 3 is 1.89 bits per heavy atom. The quantitative estimate of drug-likeness (QED) is 0.431. The van der Waals surface area contributed by atoms with E-state index in [1.165, 1.54) is 18.5 Å². The Balaban J connectivity index is -0.000000375. The van der Waals surface area contributed by atoms with Crippen LogP contribution < -0.4 is 0 Å². The highest BCUT2D eigenvalue weighted by Crippen LogP contribution is 2.02. The molecule has 0 spiro atoms. The molecule has 0 aliphatic rings. The summed E-state index contributed by atoms with van der Waals surface area (Å²) in [5.41, 5.74) is 0. The minimum absolute atomic E-state index is 0. The van der Waals surface area contributed by atoms with Crippen molar-refractivity contribution in [2.45, 2.75) is 80.0 Å². The van der Waals surface area contributed by atoms with Crippen molar-refractivity contribution in [1.82, 2.24) is 0 Å². The summed E-state index contributed by atoms with van der Waals surface area (Å²) in [5.74, 6) is 0. The molecule has 0 saturated carbocycles. The van der Waals surface area contributed by atoms with Crippen molar-refractivity contribution in [3.8, 4) is 0 Å². The number of rotatable bonds is 10. The highest BCUT2D eigenvalue weighted by molar-refractivity contribution is 6.56. The van der Waals surface area contributed by atoms with Crippen LogP contribution >= 0.6 is 0 Å². The minimum Gasteiger partial charge on any atom is -0.379 e. The predicted octanol–water partition coefficient (Wildman–Crippen LogP) is 4.68. The SMILES string of the molecule is C.C.C.CC(C[SiH](C)C)OCCOCCC[SiH](C)C. The van der Waals surface area contributed by atoms with Crippen molar-refractivity contribution in [1.29, 1.82) is 0 Å². The Morgan fingerprint density at radius 2 is 1.42 bits per heavy atom. The standard InChI is InChI=1S/C12H30O2Si2.3CH4/c1-12(11-16(4)5)14-9-8-13-7-6-10-15(2)3;;;/h12,15-16H,6-11H2,1-5H3;3*1H4. The van der Waals surface area contributed by atoms with Crippen molar-refractivity contribution < 1.29 is 9.47 Å². The third-order valence-electron chi connectivity index (χ3n) is 2.50. The molecule has 0 aromatic carbocycles. The van der Waals surface area contributed by atoms with Crippen molar-refractivity contribution in [2.24, 2.45) is 0 Å². The van der Waals surface area contributed by atoms with Crippen LogP contribution in [-0.4, -0.2) is 43.5 Å². The maximum atomic E-state index is 5.70. The van der Waals surface area contributed by atoms with E-state index in [-0.39, 0.29) is 31.1 Å². The molecule has 19 heavy (non-hydrogen) atoms. The summed E-state index contributed by atoms with van der Waals surface area (Å²) in [6, 6.07) is 2.68. The first-order valence-corrected chi connectivity index (χ1v) is 13.0. The van der Waals surface area contributed by atoms with Gasteiger partial charge in [-0.15, -0.1) is 0 Å². The van der Waals surface area contributed by atoms with Crippen LogP contribution in [0.15, 0.2) is 0 Å². The molecule has 1 unspecified atom stereocenters. The Kier molecular flexibility index (Phi) is 26.7. The molecule has 4 heteroatoms. The highest BCUT2D eigenvalue weighted by Gasteiger charge is 2.05. The molecule has 0 aromatic heterocycles. The van der Waals surface area contributed by atoms with E-state index in [0.717, 1.165) is 19.8 Å². The van der Waals surface area contributed by atoms with Crippen molar-refractivity contribution >= 4 is 17.6 Å². The van der Waals surface area contributed by atoms with E-state index in [2.05, 4.69) is 33.1 Å². The zero-order valence-electron chi connectivity index (χ0n) is 11.8. The average molecular weight is 311 g/mol. The third kappa shape index (κ3) is 23.8. The Bertz CT molecular complexity index is 153. The molecule has 0 rings (SSSR count). The molecule has 122 valence electrons. The van der Waals surface area contributed by atoms with E-state index in [4.69, 9.17) is 9.47 Å². The van der Waals surface area contributed by atoms with Gasteiger partial charge in [0, 0.05) is 24.2 Å². The van der Waals surface area contributed by atoms with E-state index >= 15 is 0 Å². The van der Waals surface area contributed by atoms with Crippen LogP contribution in [0, 0.1) is 0 Å². The first kappa shape index (κ1) is 27.7. The smallest absolute Gasteiger partial charge is 0.0703 e. The zero-order valence-corrected chi connectivity index (χ0v) is 14.1. The fraction of sp³-hybridized carbons (Fsp3) is 1.00. The van der Waals surface area contributed by atoms with E-state index in [0.29, 0.717) is 6.10 Å². The van der Waals surface area contributed by atoms with Gasteiger partial charge in [0.25, 0.3) is 0 Å². The largest absolute Gasteiger partial charge is 0.379 e. The maximum absolute atomic E-state index is 5.70. The topological polar surface area (TPSA) is 18.5 Å². The molecule has 0 amide bonds. The Labute approximate surface area is 127 Å². The van der Waals surface area contributed by atoms with Gasteiger partial charge in [-0.05, 0) is 19.4 Å². The van der Waals surface area contributed by atoms with E-state index < -0.39 is 8.80 Å². The van der Waals surface area contributed by atoms with Crippen LogP contribution in [0.3, 0.4) is 0 Å². The first-order valence-electron chi connectivity index (χ1n) is 6.71. The minimum atomic E-state index is -0.471. The molecule has 0 aromatic rings. The summed E-state index contributed by atoms with van der Waals surface area (Å²) >= 11 is 0. The summed E-state index contributed by atoms with van der Waals surface area (Å²) in [5, 5.41) is 0. The van der Waals surface area contributed by atoms with Gasteiger partial charge in [-0.3, -0.25) is 0 Å². The lowest BCUT2D eigenvalue weighted by Gasteiger charge is -2.14. The number of hydrogen-bond acceptors (Lipinski definition) is 2. The second-order valence-corrected chi connectivity index (χ2v) is 12.1. The molecule has 0 bridgehead atoms. The van der Waals surface area contributed by atoms with Gasteiger partial charge in [-0.25, -0.2) is 0 Å². The number of ether oxygens (including phenoxy) is 2. The molecule has 0 aliphatic heterocycles. The van der Waals surface area contributed by atoms with Crippen LogP contribution in [0.5, 0.6) is 0 Å². The first-order chi connectivity index (χ1) is 7.52. The van der Waals surface area contributed by atoms with Gasteiger partial charge >= 0.3 is 0 Å². The van der Waals surface area contributed by atoms with Crippen molar-refractivity contribution in [2.75, 3.05) is 19.8 Å². The fourth-order valence-corrected chi connectivity index (χ4v) is 4.18. The predicted molar refractivity (Wildman–Crippen MR) is 98.4 cm³/mol. The molecular formula is C15H42O2Si2. The molecule has 0 N–H and O–H groups in total. The van der Waals surface area contributed by atoms with Crippen LogP contribution in [0.25, 0.3) is 0 Å². The molecule has 1 atom stereocenters. The van der Waals surface area contributed by atoms with Gasteiger partial charge in [-0.1, -0.05) is 54.5 Å². The lowest BCUT2D eigenvalue weighted by Crippen LogP contribution is -2.18.